The molecule has 0 bridgehead atoms. The van der Waals surface area contributed by atoms with Gasteiger partial charge in [-0.1, -0.05) is 0 Å². The molecule has 0 unspecified atom stereocenters. The van der Waals surface area contributed by atoms with Crippen LogP contribution in [0.25, 0.3) is 0 Å². The van der Waals surface area contributed by atoms with Crippen LogP contribution >= 0.6 is 11.5 Å². The third-order valence-electron chi connectivity index (χ3n) is 3.44. The second kappa shape index (κ2) is 6.16. The quantitative estimate of drug-likeness (QED) is 0.702. The van der Waals surface area contributed by atoms with E-state index in [1.54, 1.807) is 11.5 Å². The Balaban J connectivity index is 2.61. The molecule has 0 amide bonds. The molecule has 0 N–H and O–H groups in total. The predicted molar refractivity (Wildman–Crippen MR) is 89.2 cm³/mol. The summed E-state index contributed by atoms with van der Waals surface area (Å²) in [6.45, 7) is 19.1. The Bertz CT molecular complexity index is 418. The fourth-order valence-corrected chi connectivity index (χ4v) is 8.40. The van der Waals surface area contributed by atoms with E-state index < -0.39 is 29.5 Å². The summed E-state index contributed by atoms with van der Waals surface area (Å²) in [6, 6.07) is 2.29. The van der Waals surface area contributed by atoms with Gasteiger partial charge in [-0.3, -0.25) is 0 Å². The van der Waals surface area contributed by atoms with Gasteiger partial charge in [0.05, 0.1) is 0 Å². The fourth-order valence-electron chi connectivity index (χ4n) is 1.28. The van der Waals surface area contributed by atoms with Gasteiger partial charge in [0.15, 0.2) is 0 Å². The number of nitrogens with zero attached hydrogens (tertiary/aromatic N) is 1. The van der Waals surface area contributed by atoms with Gasteiger partial charge in [-0.15, -0.1) is 0 Å². The van der Waals surface area contributed by atoms with Crippen molar-refractivity contribution in [1.82, 2.24) is 4.37 Å². The third-order valence-corrected chi connectivity index (χ3v) is 13.3. The minimum absolute atomic E-state index is 0.272. The monoisotopic (exact) mass is 405 g/mol. The van der Waals surface area contributed by atoms with Gasteiger partial charge in [-0.05, 0) is 0 Å². The molecule has 0 aliphatic heterocycles. The van der Waals surface area contributed by atoms with Crippen molar-refractivity contribution in [2.24, 2.45) is 0 Å². The maximum absolute atomic E-state index is 6.23. The van der Waals surface area contributed by atoms with Crippen molar-refractivity contribution in [3.63, 3.8) is 0 Å². The summed E-state index contributed by atoms with van der Waals surface area (Å²) in [6.07, 6.45) is 0. The van der Waals surface area contributed by atoms with Crippen LogP contribution in [0.3, 0.4) is 0 Å². The van der Waals surface area contributed by atoms with E-state index in [0.717, 1.165) is 5.69 Å². The SMILES string of the molecule is C[C](C)(C)[Sn][c]1cc(CO[Si](C)(C)C(C)(C)C)ns1. The van der Waals surface area contributed by atoms with Gasteiger partial charge in [0, 0.05) is 0 Å². The first-order chi connectivity index (χ1) is 8.41. The van der Waals surface area contributed by atoms with Crippen LogP contribution in [0, 0.1) is 0 Å². The van der Waals surface area contributed by atoms with Crippen LogP contribution in [0.5, 0.6) is 0 Å². The molecule has 1 rings (SSSR count). The van der Waals surface area contributed by atoms with Crippen molar-refractivity contribution in [3.8, 4) is 0 Å². The second-order valence-electron chi connectivity index (χ2n) is 7.61. The molecular weight excluding hydrogens is 377 g/mol. The Morgan fingerprint density at radius 1 is 1.21 bits per heavy atom. The molecule has 0 fully saturated rings. The van der Waals surface area contributed by atoms with Gasteiger partial charge in [-0.25, -0.2) is 0 Å². The van der Waals surface area contributed by atoms with Gasteiger partial charge in [0.25, 0.3) is 0 Å². The zero-order chi connectivity index (χ0) is 14.9. The molecular formula is C14H27NOSSiSn. The summed E-state index contributed by atoms with van der Waals surface area (Å²) in [5.74, 6) is 0. The van der Waals surface area contributed by atoms with Gasteiger partial charge in [0.1, 0.15) is 0 Å². The summed E-state index contributed by atoms with van der Waals surface area (Å²) >= 11 is 1.18. The van der Waals surface area contributed by atoms with Gasteiger partial charge < -0.3 is 0 Å². The summed E-state index contributed by atoms with van der Waals surface area (Å²) in [4.78, 5) is 0. The minimum atomic E-state index is -1.65. The van der Waals surface area contributed by atoms with E-state index in [2.05, 4.69) is 65.1 Å². The van der Waals surface area contributed by atoms with Crippen LogP contribution in [0.15, 0.2) is 6.07 Å². The maximum atomic E-state index is 6.23. The van der Waals surface area contributed by atoms with E-state index in [9.17, 15) is 0 Å². The molecule has 1 aromatic heterocycles. The van der Waals surface area contributed by atoms with Crippen molar-refractivity contribution in [3.05, 3.63) is 11.8 Å². The van der Waals surface area contributed by atoms with Crippen LogP contribution < -0.4 is 2.89 Å². The number of hydrogen-bond acceptors (Lipinski definition) is 3. The first kappa shape index (κ1) is 17.7. The molecule has 0 aliphatic carbocycles. The number of aromatic nitrogens is 1. The molecule has 19 heavy (non-hydrogen) atoms. The standard InChI is InChI=1S/C10H18NOSSi.C4H9.Sn/c1-10(2,3)14(4,5)12-8-9-6-7-13-11-9;1-4(2)3;/h6H,8H2,1-5H3;1-3H3;. The van der Waals surface area contributed by atoms with Crippen LogP contribution in [0.4, 0.5) is 0 Å². The Kier molecular flexibility index (Phi) is 5.72. The predicted octanol–water partition coefficient (Wildman–Crippen LogP) is 4.21. The third kappa shape index (κ3) is 5.85. The van der Waals surface area contributed by atoms with Crippen molar-refractivity contribution >= 4 is 43.9 Å². The average molecular weight is 404 g/mol. The molecule has 5 heteroatoms. The van der Waals surface area contributed by atoms with E-state index in [1.165, 1.54) is 2.89 Å². The topological polar surface area (TPSA) is 22.1 Å². The molecule has 0 aliphatic rings. The van der Waals surface area contributed by atoms with Crippen molar-refractivity contribution in [1.29, 1.82) is 0 Å². The van der Waals surface area contributed by atoms with Crippen molar-refractivity contribution in [2.45, 2.75) is 69.7 Å². The first-order valence-electron chi connectivity index (χ1n) is 6.78. The molecule has 0 saturated heterocycles. The van der Waals surface area contributed by atoms with Gasteiger partial charge >= 0.3 is 134 Å². The molecule has 2 radical (unpaired) electrons. The average Bonchev–Trinajstić information content (AvgIpc) is 2.58. The summed E-state index contributed by atoms with van der Waals surface area (Å²) in [5.41, 5.74) is 1.13. The number of hydrogen-bond donors (Lipinski definition) is 0. The zero-order valence-electron chi connectivity index (χ0n) is 13.5. The summed E-state index contributed by atoms with van der Waals surface area (Å²) < 4.78 is 12.8. The molecule has 0 atom stereocenters. The summed E-state index contributed by atoms with van der Waals surface area (Å²) in [5, 5.41) is 0.272. The van der Waals surface area contributed by atoms with Crippen LogP contribution in [0.2, 0.25) is 21.6 Å². The first-order valence-corrected chi connectivity index (χ1v) is 13.3. The fraction of sp³-hybridized carbons (Fsp3) is 0.786. The second-order valence-corrected chi connectivity index (χ2v) is 20.8. The summed E-state index contributed by atoms with van der Waals surface area (Å²) in [7, 11) is -1.65. The molecule has 2 nitrogen and oxygen atoms in total. The van der Waals surface area contributed by atoms with E-state index in [4.69, 9.17) is 4.43 Å². The normalized spacial score (nSPS) is 13.9. The Morgan fingerprint density at radius 3 is 2.26 bits per heavy atom. The van der Waals surface area contributed by atoms with E-state index in [0.29, 0.717) is 10.0 Å². The van der Waals surface area contributed by atoms with Crippen molar-refractivity contribution < 1.29 is 4.43 Å². The van der Waals surface area contributed by atoms with Crippen LogP contribution in [-0.4, -0.2) is 33.8 Å². The molecule has 1 heterocycles. The van der Waals surface area contributed by atoms with E-state index in [1.807, 2.05) is 0 Å². The molecule has 0 saturated carbocycles. The van der Waals surface area contributed by atoms with Gasteiger partial charge in [0.2, 0.25) is 0 Å². The Morgan fingerprint density at radius 2 is 1.79 bits per heavy atom. The van der Waals surface area contributed by atoms with Crippen LogP contribution in [-0.2, 0) is 11.0 Å². The molecule has 0 aromatic carbocycles. The molecule has 1 aromatic rings. The Labute approximate surface area is 133 Å². The van der Waals surface area contributed by atoms with Crippen molar-refractivity contribution in [2.75, 3.05) is 0 Å². The number of rotatable bonds is 4. The Hall–Kier alpha value is 0.606. The zero-order valence-corrected chi connectivity index (χ0v) is 18.2. The van der Waals surface area contributed by atoms with Gasteiger partial charge in [-0.2, -0.15) is 0 Å². The van der Waals surface area contributed by atoms with E-state index >= 15 is 0 Å². The van der Waals surface area contributed by atoms with E-state index in [-0.39, 0.29) is 5.04 Å². The van der Waals surface area contributed by atoms with Crippen LogP contribution in [0.1, 0.15) is 47.2 Å². The molecule has 108 valence electrons. The molecule has 0 spiro atoms.